The average Bonchev–Trinajstić information content (AvgIpc) is 3.09. The lowest BCUT2D eigenvalue weighted by atomic mass is 9.75. The average molecular weight is 388 g/mol. The molecule has 0 saturated carbocycles. The molecular weight excluding hydrogens is 360 g/mol. The van der Waals surface area contributed by atoms with Crippen LogP contribution in [0.4, 0.5) is 0 Å². The molecule has 7 nitrogen and oxygen atoms in total. The summed E-state index contributed by atoms with van der Waals surface area (Å²) in [5, 5.41) is 24.3. The molecular formula is C21H28N2O5. The van der Waals surface area contributed by atoms with Crippen LogP contribution in [0, 0.1) is 17.8 Å². The first-order valence-electron chi connectivity index (χ1n) is 9.95. The van der Waals surface area contributed by atoms with Crippen molar-refractivity contribution < 1.29 is 29.9 Å². The summed E-state index contributed by atoms with van der Waals surface area (Å²) >= 11 is 0. The van der Waals surface area contributed by atoms with E-state index < -0.39 is 35.3 Å². The Morgan fingerprint density at radius 3 is 2.54 bits per heavy atom. The van der Waals surface area contributed by atoms with Gasteiger partial charge in [0.2, 0.25) is 11.8 Å². The molecule has 152 valence electrons. The quantitative estimate of drug-likeness (QED) is 0.636. The van der Waals surface area contributed by atoms with Gasteiger partial charge < -0.3 is 20.3 Å². The van der Waals surface area contributed by atoms with Crippen molar-refractivity contribution in [3.8, 4) is 5.75 Å². The Balaban J connectivity index is 2.12. The van der Waals surface area contributed by atoms with Crippen molar-refractivity contribution in [3.63, 3.8) is 0 Å². The lowest BCUT2D eigenvalue weighted by molar-refractivity contribution is -0.740. The summed E-state index contributed by atoms with van der Waals surface area (Å²) in [7, 11) is 0. The number of hydrogen-bond donors (Lipinski definition) is 2. The van der Waals surface area contributed by atoms with Gasteiger partial charge in [-0.2, -0.15) is 0 Å². The highest BCUT2D eigenvalue weighted by atomic mass is 16.4. The molecule has 2 aliphatic rings. The smallest absolute Gasteiger partial charge is 0.240 e. The number of aliphatic carboxylic acids is 1. The first-order chi connectivity index (χ1) is 13.2. The molecule has 28 heavy (non-hydrogen) atoms. The molecule has 0 unspecified atom stereocenters. The topological polar surface area (TPSA) is 114 Å². The van der Waals surface area contributed by atoms with Crippen LogP contribution in [0.25, 0.3) is 0 Å². The fourth-order valence-electron chi connectivity index (χ4n) is 4.92. The number of aromatic hydroxyl groups is 1. The fourth-order valence-corrected chi connectivity index (χ4v) is 4.92. The maximum Gasteiger partial charge on any atom is 0.240 e. The van der Waals surface area contributed by atoms with Crippen molar-refractivity contribution in [2.75, 3.05) is 6.54 Å². The molecule has 0 spiro atoms. The number of benzene rings is 1. The molecule has 7 heteroatoms. The number of unbranched alkanes of at least 4 members (excludes halogenated alkanes) is 1. The third-order valence-corrected chi connectivity index (χ3v) is 6.02. The molecule has 0 aromatic heterocycles. The van der Waals surface area contributed by atoms with Crippen LogP contribution in [-0.2, 0) is 14.4 Å². The van der Waals surface area contributed by atoms with Gasteiger partial charge in [0.25, 0.3) is 0 Å². The van der Waals surface area contributed by atoms with Crippen LogP contribution >= 0.6 is 0 Å². The summed E-state index contributed by atoms with van der Waals surface area (Å²) < 4.78 is 0. The van der Waals surface area contributed by atoms with Gasteiger partial charge in [0.15, 0.2) is 0 Å². The zero-order valence-corrected chi connectivity index (χ0v) is 16.6. The Morgan fingerprint density at radius 1 is 1.29 bits per heavy atom. The molecule has 2 aliphatic heterocycles. The Bertz CT molecular complexity index is 793. The van der Waals surface area contributed by atoms with E-state index in [0.29, 0.717) is 18.5 Å². The van der Waals surface area contributed by atoms with E-state index in [4.69, 9.17) is 0 Å². The highest BCUT2D eigenvalue weighted by Crippen LogP contribution is 2.47. The van der Waals surface area contributed by atoms with E-state index >= 15 is 0 Å². The number of carboxylic acid groups (broad SMARTS) is 1. The second-order valence-electron chi connectivity index (χ2n) is 8.36. The fraction of sp³-hybridized carbons (Fsp3) is 0.571. The second kappa shape index (κ2) is 7.54. The van der Waals surface area contributed by atoms with Crippen LogP contribution in [0.1, 0.15) is 51.6 Å². The molecule has 2 amide bonds. The van der Waals surface area contributed by atoms with Crippen molar-refractivity contribution >= 4 is 17.8 Å². The summed E-state index contributed by atoms with van der Waals surface area (Å²) in [6.45, 7) is 6.03. The standard InChI is InChI=1S/C21H28N2O5/c1-4-5-10-23-18(25)15-16(19(23)26)21(20(27)28,11-12(2)3)22-17(15)13-8-6-7-9-14(13)24/h6-9,12,15-17,22,24H,4-5,10-11H2,1-3H3,(H,27,28)/t15-,16-,17-,21+/m0/s1. The van der Waals surface area contributed by atoms with E-state index in [2.05, 4.69) is 0 Å². The highest BCUT2D eigenvalue weighted by Gasteiger charge is 2.69. The van der Waals surface area contributed by atoms with E-state index in [0.717, 1.165) is 6.42 Å². The number of likely N-dealkylation sites (tertiary alicyclic amines) is 1. The van der Waals surface area contributed by atoms with Crippen LogP contribution in [0.5, 0.6) is 5.75 Å². The molecule has 3 N–H and O–H groups in total. The molecule has 2 fully saturated rings. The predicted molar refractivity (Wildman–Crippen MR) is 98.6 cm³/mol. The second-order valence-corrected chi connectivity index (χ2v) is 8.36. The summed E-state index contributed by atoms with van der Waals surface area (Å²) in [4.78, 5) is 40.0. The number of hydrogen-bond acceptors (Lipinski definition) is 5. The van der Waals surface area contributed by atoms with Crippen molar-refractivity contribution in [2.45, 2.75) is 51.6 Å². The third kappa shape index (κ3) is 3.07. The monoisotopic (exact) mass is 388 g/mol. The number of phenols is 1. The van der Waals surface area contributed by atoms with Crippen LogP contribution in [0.15, 0.2) is 24.3 Å². The van der Waals surface area contributed by atoms with Crippen molar-refractivity contribution in [1.82, 2.24) is 4.90 Å². The van der Waals surface area contributed by atoms with Gasteiger partial charge in [-0.25, -0.2) is 0 Å². The minimum atomic E-state index is -1.53. The van der Waals surface area contributed by atoms with Gasteiger partial charge in [0.05, 0.1) is 5.56 Å². The number of nitrogens with zero attached hydrogens (tertiary/aromatic N) is 1. The van der Waals surface area contributed by atoms with Gasteiger partial charge in [-0.05, 0) is 24.5 Å². The van der Waals surface area contributed by atoms with Crippen LogP contribution in [0.2, 0.25) is 0 Å². The number of rotatable bonds is 7. The van der Waals surface area contributed by atoms with Gasteiger partial charge in [-0.15, -0.1) is 0 Å². The SMILES string of the molecule is CCCCN1C(=O)[C@H]2[C@@H](C1=O)[C@](CC(C)C)(C(=O)[O-])[NH2+][C@H]2c1ccccc1O. The van der Waals surface area contributed by atoms with E-state index in [1.165, 1.54) is 11.0 Å². The minimum Gasteiger partial charge on any atom is -0.544 e. The largest absolute Gasteiger partial charge is 0.544 e. The van der Waals surface area contributed by atoms with Gasteiger partial charge in [0, 0.05) is 13.0 Å². The lowest BCUT2D eigenvalue weighted by Crippen LogP contribution is -2.99. The van der Waals surface area contributed by atoms with Gasteiger partial charge in [0.1, 0.15) is 35.1 Å². The number of imide groups is 1. The molecule has 4 atom stereocenters. The highest BCUT2D eigenvalue weighted by molar-refractivity contribution is 6.08. The normalized spacial score (nSPS) is 29.6. The van der Waals surface area contributed by atoms with Crippen molar-refractivity contribution in [2.24, 2.45) is 17.8 Å². The van der Waals surface area contributed by atoms with Crippen LogP contribution < -0.4 is 10.4 Å². The van der Waals surface area contributed by atoms with E-state index in [1.807, 2.05) is 20.8 Å². The molecule has 3 rings (SSSR count). The number of carbonyl (C=O) groups excluding carboxylic acids is 3. The lowest BCUT2D eigenvalue weighted by Gasteiger charge is -2.34. The van der Waals surface area contributed by atoms with Gasteiger partial charge in [-0.1, -0.05) is 39.3 Å². The van der Waals surface area contributed by atoms with Crippen LogP contribution in [-0.4, -0.2) is 39.9 Å². The summed E-state index contributed by atoms with van der Waals surface area (Å²) in [5.41, 5.74) is -1.05. The van der Waals surface area contributed by atoms with Gasteiger partial charge in [-0.3, -0.25) is 14.5 Å². The zero-order chi connectivity index (χ0) is 20.6. The third-order valence-electron chi connectivity index (χ3n) is 6.02. The van der Waals surface area contributed by atoms with E-state index in [1.54, 1.807) is 23.5 Å². The van der Waals surface area contributed by atoms with Gasteiger partial charge >= 0.3 is 0 Å². The number of nitrogens with two attached hydrogens (primary N) is 1. The van der Waals surface area contributed by atoms with E-state index in [-0.39, 0.29) is 24.0 Å². The van der Waals surface area contributed by atoms with E-state index in [9.17, 15) is 24.6 Å². The van der Waals surface area contributed by atoms with Crippen molar-refractivity contribution in [1.29, 1.82) is 0 Å². The molecule has 2 heterocycles. The maximum absolute atomic E-state index is 13.2. The Labute approximate surface area is 164 Å². The molecule has 0 aliphatic carbocycles. The maximum atomic E-state index is 13.2. The summed E-state index contributed by atoms with van der Waals surface area (Å²) in [6, 6.07) is 5.94. The number of para-hydroxylation sites is 1. The Morgan fingerprint density at radius 2 is 1.96 bits per heavy atom. The minimum absolute atomic E-state index is 0.00606. The molecule has 2 saturated heterocycles. The number of carbonyl (C=O) groups is 3. The van der Waals surface area contributed by atoms with Crippen molar-refractivity contribution in [3.05, 3.63) is 29.8 Å². The Hall–Kier alpha value is -2.41. The summed E-state index contributed by atoms with van der Waals surface area (Å²) in [6.07, 6.45) is 1.70. The molecule has 1 aromatic carbocycles. The Kier molecular flexibility index (Phi) is 5.48. The summed E-state index contributed by atoms with van der Waals surface area (Å²) in [5.74, 6) is -3.93. The number of carboxylic acids is 1. The molecule has 0 bridgehead atoms. The number of amides is 2. The first kappa shape index (κ1) is 20.3. The number of quaternary nitrogens is 1. The predicted octanol–water partition coefficient (Wildman–Crippen LogP) is -0.0536. The first-order valence-corrected chi connectivity index (χ1v) is 9.95. The molecule has 1 aromatic rings. The zero-order valence-electron chi connectivity index (χ0n) is 16.6. The van der Waals surface area contributed by atoms with Crippen LogP contribution in [0.3, 0.4) is 0 Å². The molecule has 0 radical (unpaired) electrons. The number of phenolic OH excluding ortho intramolecular Hbond substituents is 1. The number of fused-ring (bicyclic) bond motifs is 1.